The van der Waals surface area contributed by atoms with Crippen molar-refractivity contribution >= 4 is 11.9 Å². The van der Waals surface area contributed by atoms with Crippen LogP contribution in [0.15, 0.2) is 11.6 Å². The van der Waals surface area contributed by atoms with Gasteiger partial charge in [-0.1, -0.05) is 11.6 Å². The van der Waals surface area contributed by atoms with Gasteiger partial charge in [0.1, 0.15) is 0 Å². The van der Waals surface area contributed by atoms with Crippen molar-refractivity contribution in [2.45, 2.75) is 13.8 Å². The van der Waals surface area contributed by atoms with Crippen LogP contribution >= 0.6 is 0 Å². The highest BCUT2D eigenvalue weighted by Crippen LogP contribution is 2.00. The lowest BCUT2D eigenvalue weighted by molar-refractivity contribution is -0.166. The summed E-state index contributed by atoms with van der Waals surface area (Å²) < 4.78 is 4.38. The Balaban J connectivity index is 2.46. The SMILES string of the molecule is CC(C)=CCN1CC(=O)OC(=O)C1. The number of ether oxygens (including phenoxy) is 1. The molecule has 4 heteroatoms. The first-order valence-electron chi connectivity index (χ1n) is 4.17. The van der Waals surface area contributed by atoms with Gasteiger partial charge >= 0.3 is 11.9 Å². The van der Waals surface area contributed by atoms with E-state index in [2.05, 4.69) is 4.74 Å². The Labute approximate surface area is 77.2 Å². The molecule has 0 amide bonds. The second-order valence-corrected chi connectivity index (χ2v) is 3.30. The Morgan fingerprint density at radius 2 is 1.92 bits per heavy atom. The molecule has 1 saturated heterocycles. The number of carbonyl (C=O) groups excluding carboxylic acids is 2. The molecule has 0 aromatic carbocycles. The maximum atomic E-state index is 10.8. The van der Waals surface area contributed by atoms with E-state index in [0.29, 0.717) is 6.54 Å². The number of cyclic esters (lactones) is 2. The van der Waals surface area contributed by atoms with E-state index < -0.39 is 11.9 Å². The first-order valence-corrected chi connectivity index (χ1v) is 4.17. The second-order valence-electron chi connectivity index (χ2n) is 3.30. The molecule has 0 saturated carbocycles. The normalized spacial score (nSPS) is 18.3. The van der Waals surface area contributed by atoms with E-state index >= 15 is 0 Å². The third-order valence-electron chi connectivity index (χ3n) is 1.69. The van der Waals surface area contributed by atoms with Gasteiger partial charge < -0.3 is 4.74 Å². The third kappa shape index (κ3) is 3.38. The monoisotopic (exact) mass is 183 g/mol. The van der Waals surface area contributed by atoms with E-state index in [1.807, 2.05) is 19.9 Å². The lowest BCUT2D eigenvalue weighted by Crippen LogP contribution is -2.42. The summed E-state index contributed by atoms with van der Waals surface area (Å²) in [7, 11) is 0. The molecule has 0 atom stereocenters. The van der Waals surface area contributed by atoms with Crippen LogP contribution < -0.4 is 0 Å². The summed E-state index contributed by atoms with van der Waals surface area (Å²) in [5, 5.41) is 0. The number of esters is 2. The Hall–Kier alpha value is -1.16. The summed E-state index contributed by atoms with van der Waals surface area (Å²) in [5.41, 5.74) is 1.17. The summed E-state index contributed by atoms with van der Waals surface area (Å²) >= 11 is 0. The largest absolute Gasteiger partial charge is 0.391 e. The van der Waals surface area contributed by atoms with Gasteiger partial charge in [0.25, 0.3) is 0 Å². The predicted molar refractivity (Wildman–Crippen MR) is 47.0 cm³/mol. The summed E-state index contributed by atoms with van der Waals surface area (Å²) in [6.45, 7) is 4.99. The van der Waals surface area contributed by atoms with Gasteiger partial charge in [0.15, 0.2) is 0 Å². The van der Waals surface area contributed by atoms with Crippen molar-refractivity contribution in [3.8, 4) is 0 Å². The van der Waals surface area contributed by atoms with Crippen LogP contribution in [0.5, 0.6) is 0 Å². The van der Waals surface area contributed by atoms with E-state index in [1.54, 1.807) is 4.90 Å². The molecule has 1 aliphatic heterocycles. The van der Waals surface area contributed by atoms with Gasteiger partial charge in [0.05, 0.1) is 13.1 Å². The highest BCUT2D eigenvalue weighted by molar-refractivity contribution is 5.90. The average Bonchev–Trinajstić information content (AvgIpc) is 1.99. The van der Waals surface area contributed by atoms with Gasteiger partial charge in [-0.3, -0.25) is 14.5 Å². The summed E-state index contributed by atoms with van der Waals surface area (Å²) in [5.74, 6) is -0.920. The summed E-state index contributed by atoms with van der Waals surface area (Å²) in [4.78, 5) is 23.4. The van der Waals surface area contributed by atoms with Gasteiger partial charge in [-0.25, -0.2) is 0 Å². The van der Waals surface area contributed by atoms with Crippen LogP contribution in [-0.2, 0) is 14.3 Å². The molecule has 0 bridgehead atoms. The molecule has 0 aromatic heterocycles. The molecule has 0 N–H and O–H groups in total. The van der Waals surface area contributed by atoms with Crippen molar-refractivity contribution in [2.75, 3.05) is 19.6 Å². The summed E-state index contributed by atoms with van der Waals surface area (Å²) in [6, 6.07) is 0. The van der Waals surface area contributed by atoms with E-state index in [-0.39, 0.29) is 13.1 Å². The number of allylic oxidation sites excluding steroid dienone is 1. The molecular weight excluding hydrogens is 170 g/mol. The Morgan fingerprint density at radius 1 is 1.38 bits per heavy atom. The molecule has 1 fully saturated rings. The number of hydrogen-bond donors (Lipinski definition) is 0. The fraction of sp³-hybridized carbons (Fsp3) is 0.556. The Bertz CT molecular complexity index is 238. The molecule has 13 heavy (non-hydrogen) atoms. The standard InChI is InChI=1S/C9H13NO3/c1-7(2)3-4-10-5-8(11)13-9(12)6-10/h3H,4-6H2,1-2H3. The maximum Gasteiger partial charge on any atom is 0.327 e. The van der Waals surface area contributed by atoms with E-state index in [1.165, 1.54) is 5.57 Å². The van der Waals surface area contributed by atoms with Crippen molar-refractivity contribution in [1.29, 1.82) is 0 Å². The van der Waals surface area contributed by atoms with Crippen molar-refractivity contribution in [2.24, 2.45) is 0 Å². The average molecular weight is 183 g/mol. The predicted octanol–water partition coefficient (Wildman–Crippen LogP) is 0.338. The summed E-state index contributed by atoms with van der Waals surface area (Å²) in [6.07, 6.45) is 1.98. The zero-order chi connectivity index (χ0) is 9.84. The van der Waals surface area contributed by atoms with Crippen LogP contribution in [0.1, 0.15) is 13.8 Å². The van der Waals surface area contributed by atoms with Crippen molar-refractivity contribution < 1.29 is 14.3 Å². The van der Waals surface area contributed by atoms with Crippen LogP contribution in [-0.4, -0.2) is 36.5 Å². The van der Waals surface area contributed by atoms with Crippen molar-refractivity contribution in [3.05, 3.63) is 11.6 Å². The minimum absolute atomic E-state index is 0.204. The topological polar surface area (TPSA) is 46.6 Å². The number of nitrogens with zero attached hydrogens (tertiary/aromatic N) is 1. The van der Waals surface area contributed by atoms with Crippen LogP contribution in [0.2, 0.25) is 0 Å². The van der Waals surface area contributed by atoms with Crippen LogP contribution in [0.4, 0.5) is 0 Å². The van der Waals surface area contributed by atoms with Gasteiger partial charge in [0, 0.05) is 6.54 Å². The smallest absolute Gasteiger partial charge is 0.327 e. The number of carbonyl (C=O) groups is 2. The molecule has 1 rings (SSSR count). The molecule has 0 spiro atoms. The van der Waals surface area contributed by atoms with E-state index in [4.69, 9.17) is 0 Å². The van der Waals surface area contributed by atoms with Crippen LogP contribution in [0.25, 0.3) is 0 Å². The van der Waals surface area contributed by atoms with Gasteiger partial charge in [-0.2, -0.15) is 0 Å². The quantitative estimate of drug-likeness (QED) is 0.352. The third-order valence-corrected chi connectivity index (χ3v) is 1.69. The lowest BCUT2D eigenvalue weighted by Gasteiger charge is -2.22. The molecule has 0 unspecified atom stereocenters. The Morgan fingerprint density at radius 3 is 2.38 bits per heavy atom. The van der Waals surface area contributed by atoms with Gasteiger partial charge in [-0.15, -0.1) is 0 Å². The lowest BCUT2D eigenvalue weighted by atomic mass is 10.3. The van der Waals surface area contributed by atoms with E-state index in [0.717, 1.165) is 0 Å². The molecule has 0 aliphatic carbocycles. The molecule has 1 heterocycles. The fourth-order valence-corrected chi connectivity index (χ4v) is 1.05. The molecule has 0 radical (unpaired) electrons. The molecular formula is C9H13NO3. The van der Waals surface area contributed by atoms with Crippen molar-refractivity contribution in [1.82, 2.24) is 4.90 Å². The van der Waals surface area contributed by atoms with Crippen LogP contribution in [0.3, 0.4) is 0 Å². The number of morpholine rings is 1. The zero-order valence-electron chi connectivity index (χ0n) is 7.87. The minimum atomic E-state index is -0.460. The maximum absolute atomic E-state index is 10.8. The van der Waals surface area contributed by atoms with Gasteiger partial charge in [0.2, 0.25) is 0 Å². The highest BCUT2D eigenvalue weighted by atomic mass is 16.6. The molecule has 0 aromatic rings. The van der Waals surface area contributed by atoms with Crippen LogP contribution in [0, 0.1) is 0 Å². The Kier molecular flexibility index (Phi) is 3.19. The van der Waals surface area contributed by atoms with Crippen molar-refractivity contribution in [3.63, 3.8) is 0 Å². The first kappa shape index (κ1) is 9.92. The highest BCUT2D eigenvalue weighted by Gasteiger charge is 2.23. The fourth-order valence-electron chi connectivity index (χ4n) is 1.05. The zero-order valence-corrected chi connectivity index (χ0v) is 7.87. The molecule has 72 valence electrons. The number of rotatable bonds is 2. The molecule has 4 nitrogen and oxygen atoms in total. The number of hydrogen-bond acceptors (Lipinski definition) is 4. The second kappa shape index (κ2) is 4.18. The van der Waals surface area contributed by atoms with E-state index in [9.17, 15) is 9.59 Å². The first-order chi connectivity index (χ1) is 6.08. The minimum Gasteiger partial charge on any atom is -0.391 e. The van der Waals surface area contributed by atoms with Gasteiger partial charge in [-0.05, 0) is 13.8 Å². The molecule has 1 aliphatic rings.